The van der Waals surface area contributed by atoms with Crippen LogP contribution in [0.3, 0.4) is 0 Å². The Morgan fingerprint density at radius 3 is 2.00 bits per heavy atom. The van der Waals surface area contributed by atoms with Gasteiger partial charge in [0.15, 0.2) is 0 Å². The van der Waals surface area contributed by atoms with E-state index in [0.717, 1.165) is 21.9 Å². The fraction of sp³-hybridized carbons (Fsp3) is 0. The molecule has 4 aromatic rings. The van der Waals surface area contributed by atoms with Crippen molar-refractivity contribution in [3.63, 3.8) is 0 Å². The molecule has 0 unspecified atom stereocenters. The minimum atomic E-state index is 0.0751. The molecule has 0 bridgehead atoms. The molecule has 4 rings (SSSR count). The van der Waals surface area contributed by atoms with Crippen LogP contribution in [0.25, 0.3) is 10.8 Å². The summed E-state index contributed by atoms with van der Waals surface area (Å²) in [6, 6.07) is 23.6. The van der Waals surface area contributed by atoms with Gasteiger partial charge in [0, 0.05) is 21.5 Å². The third kappa shape index (κ3) is 4.04. The van der Waals surface area contributed by atoms with Gasteiger partial charge >= 0.3 is 0 Å². The molecule has 0 spiro atoms. The van der Waals surface area contributed by atoms with E-state index in [4.69, 9.17) is 11.6 Å². The van der Waals surface area contributed by atoms with Crippen LogP contribution in [-0.4, -0.2) is 10.2 Å². The highest BCUT2D eigenvalue weighted by Gasteiger charge is 2.04. The molecule has 2 nitrogen and oxygen atoms in total. The van der Waals surface area contributed by atoms with Gasteiger partial charge in [-0.3, -0.25) is 0 Å². The average molecular weight is 395 g/mol. The Kier molecular flexibility index (Phi) is 5.12. The molecule has 0 aromatic heterocycles. The Hall–Kier alpha value is -3.85. The summed E-state index contributed by atoms with van der Waals surface area (Å²) in [6.45, 7) is 0. The van der Waals surface area contributed by atoms with Crippen LogP contribution in [0.15, 0.2) is 78.9 Å². The van der Waals surface area contributed by atoms with E-state index < -0.39 is 0 Å². The number of halogens is 1. The summed E-state index contributed by atoms with van der Waals surface area (Å²) >= 11 is 5.99. The number of phenols is 2. The van der Waals surface area contributed by atoms with Gasteiger partial charge in [-0.2, -0.15) is 0 Å². The number of rotatable bonds is 0. The largest absolute Gasteiger partial charge is 0.507 e. The van der Waals surface area contributed by atoms with E-state index in [0.29, 0.717) is 16.1 Å². The lowest BCUT2D eigenvalue weighted by atomic mass is 10.0. The highest BCUT2D eigenvalue weighted by Crippen LogP contribution is 2.26. The fourth-order valence-electron chi connectivity index (χ4n) is 2.97. The summed E-state index contributed by atoms with van der Waals surface area (Å²) in [5.41, 5.74) is 2.48. The van der Waals surface area contributed by atoms with E-state index in [1.165, 1.54) is 6.07 Å². The highest BCUT2D eigenvalue weighted by molar-refractivity contribution is 6.30. The minimum absolute atomic E-state index is 0.0751. The van der Waals surface area contributed by atoms with E-state index in [-0.39, 0.29) is 11.5 Å². The van der Waals surface area contributed by atoms with Crippen LogP contribution in [0.1, 0.15) is 22.3 Å². The predicted octanol–water partition coefficient (Wildman–Crippen LogP) is 5.70. The SMILES string of the molecule is Oc1ccc(Cl)cc1C#Cc1ccccc1C#Cc1c(O)ccc2ccccc12. The summed E-state index contributed by atoms with van der Waals surface area (Å²) in [7, 11) is 0. The number of aromatic hydroxyl groups is 2. The van der Waals surface area contributed by atoms with Crippen LogP contribution in [0.4, 0.5) is 0 Å². The lowest BCUT2D eigenvalue weighted by molar-refractivity contribution is 0.473. The molecule has 0 amide bonds. The second-order valence-corrected chi connectivity index (χ2v) is 6.82. The maximum absolute atomic E-state index is 10.3. The second kappa shape index (κ2) is 8.03. The summed E-state index contributed by atoms with van der Waals surface area (Å²) in [6.07, 6.45) is 0. The average Bonchev–Trinajstić information content (AvgIpc) is 2.74. The zero-order chi connectivity index (χ0) is 20.2. The van der Waals surface area contributed by atoms with E-state index in [2.05, 4.69) is 23.7 Å². The van der Waals surface area contributed by atoms with Crippen molar-refractivity contribution in [2.45, 2.75) is 0 Å². The first-order chi connectivity index (χ1) is 14.1. The molecule has 0 aliphatic heterocycles. The molecule has 29 heavy (non-hydrogen) atoms. The maximum atomic E-state index is 10.3. The normalized spacial score (nSPS) is 9.97. The molecule has 0 fully saturated rings. The standard InChI is InChI=1S/C26H15ClO2/c27-22-13-16-25(28)21(17-22)10-9-18-5-1-2-6-19(18)11-14-24-23-8-4-3-7-20(23)12-15-26(24)29/h1-8,12-13,15-17,28-29H. The van der Waals surface area contributed by atoms with Gasteiger partial charge in [-0.15, -0.1) is 0 Å². The van der Waals surface area contributed by atoms with Gasteiger partial charge in [0.25, 0.3) is 0 Å². The molecule has 138 valence electrons. The number of hydrogen-bond acceptors (Lipinski definition) is 2. The Balaban J connectivity index is 1.77. The molecule has 0 heterocycles. The van der Waals surface area contributed by atoms with Crippen molar-refractivity contribution in [1.29, 1.82) is 0 Å². The Labute approximate surface area is 174 Å². The van der Waals surface area contributed by atoms with Gasteiger partial charge in [-0.1, -0.05) is 77.7 Å². The molecule has 3 heteroatoms. The van der Waals surface area contributed by atoms with Crippen molar-refractivity contribution < 1.29 is 10.2 Å². The molecule has 4 aromatic carbocycles. The van der Waals surface area contributed by atoms with E-state index >= 15 is 0 Å². The summed E-state index contributed by atoms with van der Waals surface area (Å²) in [5, 5.41) is 22.7. The van der Waals surface area contributed by atoms with Gasteiger partial charge in [-0.05, 0) is 41.8 Å². The number of fused-ring (bicyclic) bond motifs is 1. The molecule has 0 radical (unpaired) electrons. The van der Waals surface area contributed by atoms with Gasteiger partial charge in [-0.25, -0.2) is 0 Å². The first-order valence-electron chi connectivity index (χ1n) is 8.94. The van der Waals surface area contributed by atoms with Crippen molar-refractivity contribution in [2.75, 3.05) is 0 Å². The van der Waals surface area contributed by atoms with Crippen LogP contribution in [0.5, 0.6) is 11.5 Å². The van der Waals surface area contributed by atoms with Crippen LogP contribution in [-0.2, 0) is 0 Å². The highest BCUT2D eigenvalue weighted by atomic mass is 35.5. The molecule has 0 aliphatic carbocycles. The van der Waals surface area contributed by atoms with E-state index in [1.54, 1.807) is 18.2 Å². The van der Waals surface area contributed by atoms with Crippen molar-refractivity contribution in [3.05, 3.63) is 106 Å². The van der Waals surface area contributed by atoms with Crippen LogP contribution in [0.2, 0.25) is 5.02 Å². The molecule has 0 saturated heterocycles. The van der Waals surface area contributed by atoms with Crippen LogP contribution >= 0.6 is 11.6 Å². The van der Waals surface area contributed by atoms with Gasteiger partial charge in [0.05, 0.1) is 11.1 Å². The molecule has 0 saturated carbocycles. The fourth-order valence-corrected chi connectivity index (χ4v) is 3.14. The third-order valence-corrected chi connectivity index (χ3v) is 4.68. The lowest BCUT2D eigenvalue weighted by Gasteiger charge is -2.03. The lowest BCUT2D eigenvalue weighted by Crippen LogP contribution is -1.85. The van der Waals surface area contributed by atoms with Crippen molar-refractivity contribution in [1.82, 2.24) is 0 Å². The van der Waals surface area contributed by atoms with Gasteiger partial charge < -0.3 is 10.2 Å². The Morgan fingerprint density at radius 1 is 0.586 bits per heavy atom. The first kappa shape index (κ1) is 18.5. The van der Waals surface area contributed by atoms with Crippen molar-refractivity contribution in [3.8, 4) is 35.2 Å². The van der Waals surface area contributed by atoms with Crippen LogP contribution in [0, 0.1) is 23.7 Å². The topological polar surface area (TPSA) is 40.5 Å². The predicted molar refractivity (Wildman–Crippen MR) is 117 cm³/mol. The number of phenolic OH excluding ortho intramolecular Hbond substituents is 2. The zero-order valence-electron chi connectivity index (χ0n) is 15.3. The summed E-state index contributed by atoms with van der Waals surface area (Å²) < 4.78 is 0. The zero-order valence-corrected chi connectivity index (χ0v) is 16.0. The molecule has 2 N–H and O–H groups in total. The Bertz CT molecular complexity index is 1350. The van der Waals surface area contributed by atoms with Gasteiger partial charge in [0.2, 0.25) is 0 Å². The number of hydrogen-bond donors (Lipinski definition) is 2. The summed E-state index contributed by atoms with van der Waals surface area (Å²) in [5.74, 6) is 12.4. The Morgan fingerprint density at radius 2 is 1.21 bits per heavy atom. The summed E-state index contributed by atoms with van der Waals surface area (Å²) in [4.78, 5) is 0. The third-order valence-electron chi connectivity index (χ3n) is 4.45. The maximum Gasteiger partial charge on any atom is 0.131 e. The molecular weight excluding hydrogens is 380 g/mol. The molecular formula is C26H15ClO2. The van der Waals surface area contributed by atoms with E-state index in [9.17, 15) is 10.2 Å². The van der Waals surface area contributed by atoms with Crippen molar-refractivity contribution >= 4 is 22.4 Å². The number of benzene rings is 4. The van der Waals surface area contributed by atoms with Crippen LogP contribution < -0.4 is 0 Å². The molecule has 0 atom stereocenters. The van der Waals surface area contributed by atoms with Crippen molar-refractivity contribution in [2.24, 2.45) is 0 Å². The first-order valence-corrected chi connectivity index (χ1v) is 9.32. The van der Waals surface area contributed by atoms with E-state index in [1.807, 2.05) is 54.6 Å². The minimum Gasteiger partial charge on any atom is -0.507 e. The molecule has 0 aliphatic rings. The smallest absolute Gasteiger partial charge is 0.131 e. The monoisotopic (exact) mass is 394 g/mol. The van der Waals surface area contributed by atoms with Gasteiger partial charge in [0.1, 0.15) is 11.5 Å². The quantitative estimate of drug-likeness (QED) is 0.375. The second-order valence-electron chi connectivity index (χ2n) is 6.39.